The van der Waals surface area contributed by atoms with Gasteiger partial charge in [0.2, 0.25) is 5.91 Å². The maximum Gasteiger partial charge on any atom is 0.298 e. The summed E-state index contributed by atoms with van der Waals surface area (Å²) in [6, 6.07) is 5.26. The van der Waals surface area contributed by atoms with Crippen molar-refractivity contribution in [2.75, 3.05) is 0 Å². The predicted molar refractivity (Wildman–Crippen MR) is 53.4 cm³/mol. The molecule has 1 atom stereocenters. The lowest BCUT2D eigenvalue weighted by Crippen LogP contribution is -2.19. The van der Waals surface area contributed by atoms with E-state index in [1.165, 1.54) is 0 Å². The van der Waals surface area contributed by atoms with Crippen molar-refractivity contribution in [2.24, 2.45) is 5.73 Å². The van der Waals surface area contributed by atoms with Crippen LogP contribution in [0.1, 0.15) is 23.5 Å². The molecule has 0 saturated heterocycles. The van der Waals surface area contributed by atoms with E-state index in [0.29, 0.717) is 12.2 Å². The molecular weight excluding hydrogens is 194 g/mol. The average molecular weight is 205 g/mol. The van der Waals surface area contributed by atoms with Crippen molar-refractivity contribution >= 4 is 12.4 Å². The largest absolute Gasteiger partial charge is 0.429 e. The van der Waals surface area contributed by atoms with E-state index in [2.05, 4.69) is 0 Å². The lowest BCUT2D eigenvalue weighted by atomic mass is 10.0. The van der Waals surface area contributed by atoms with Crippen molar-refractivity contribution in [3.8, 4) is 5.75 Å². The third-order valence-corrected chi connectivity index (χ3v) is 2.72. The molecule has 0 heterocycles. The second kappa shape index (κ2) is 3.73. The molecule has 2 N–H and O–H groups in total. The Balaban J connectivity index is 2.33. The maximum absolute atomic E-state index is 11.1. The van der Waals surface area contributed by atoms with Crippen LogP contribution in [0.5, 0.6) is 5.75 Å². The minimum absolute atomic E-state index is 0.190. The van der Waals surface area contributed by atoms with Gasteiger partial charge in [0.1, 0.15) is 5.75 Å². The number of hydrogen-bond donors (Lipinski definition) is 1. The molecule has 1 unspecified atom stereocenters. The molecule has 2 rings (SSSR count). The minimum atomic E-state index is -0.294. The monoisotopic (exact) mass is 205 g/mol. The number of rotatable bonds is 3. The number of hydrogen-bond acceptors (Lipinski definition) is 3. The van der Waals surface area contributed by atoms with Gasteiger partial charge in [-0.15, -0.1) is 0 Å². The van der Waals surface area contributed by atoms with Gasteiger partial charge in [0.05, 0.1) is 5.92 Å². The van der Waals surface area contributed by atoms with Gasteiger partial charge in [-0.3, -0.25) is 9.59 Å². The van der Waals surface area contributed by atoms with Gasteiger partial charge >= 0.3 is 0 Å². The van der Waals surface area contributed by atoms with Crippen LogP contribution in [0.15, 0.2) is 18.2 Å². The highest BCUT2D eigenvalue weighted by atomic mass is 16.5. The molecule has 1 aromatic rings. The topological polar surface area (TPSA) is 69.4 Å². The van der Waals surface area contributed by atoms with E-state index in [9.17, 15) is 9.59 Å². The first-order valence-electron chi connectivity index (χ1n) is 4.75. The van der Waals surface area contributed by atoms with Gasteiger partial charge in [0.25, 0.3) is 6.47 Å². The van der Waals surface area contributed by atoms with E-state index in [1.54, 1.807) is 18.2 Å². The number of amides is 1. The van der Waals surface area contributed by atoms with E-state index in [1.807, 2.05) is 0 Å². The van der Waals surface area contributed by atoms with Gasteiger partial charge < -0.3 is 10.5 Å². The molecule has 4 heteroatoms. The lowest BCUT2D eigenvalue weighted by molar-refractivity contribution is -0.121. The van der Waals surface area contributed by atoms with Crippen LogP contribution in [0.2, 0.25) is 0 Å². The fourth-order valence-electron chi connectivity index (χ4n) is 2.02. The number of aryl methyl sites for hydroxylation is 1. The van der Waals surface area contributed by atoms with Gasteiger partial charge in [-0.05, 0) is 36.1 Å². The third kappa shape index (κ3) is 1.70. The van der Waals surface area contributed by atoms with Crippen LogP contribution in [0.3, 0.4) is 0 Å². The molecule has 0 saturated carbocycles. The first kappa shape index (κ1) is 9.71. The second-order valence-electron chi connectivity index (χ2n) is 3.57. The zero-order chi connectivity index (χ0) is 10.8. The summed E-state index contributed by atoms with van der Waals surface area (Å²) in [7, 11) is 0. The number of ether oxygens (including phenoxy) is 1. The van der Waals surface area contributed by atoms with Crippen molar-refractivity contribution in [3.05, 3.63) is 29.3 Å². The molecule has 4 nitrogen and oxygen atoms in total. The Labute approximate surface area is 87.0 Å². The molecule has 0 aromatic heterocycles. The van der Waals surface area contributed by atoms with Crippen molar-refractivity contribution < 1.29 is 14.3 Å². The normalized spacial score (nSPS) is 18.3. The molecule has 78 valence electrons. The minimum Gasteiger partial charge on any atom is -0.429 e. The van der Waals surface area contributed by atoms with Crippen LogP contribution in [-0.4, -0.2) is 12.4 Å². The number of primary amides is 1. The van der Waals surface area contributed by atoms with Crippen molar-refractivity contribution in [3.63, 3.8) is 0 Å². The zero-order valence-electron chi connectivity index (χ0n) is 8.10. The number of fused-ring (bicyclic) bond motifs is 1. The highest BCUT2D eigenvalue weighted by Gasteiger charge is 2.26. The number of carbonyl (C=O) groups is 2. The Morgan fingerprint density at radius 3 is 3.00 bits per heavy atom. The van der Waals surface area contributed by atoms with E-state index in [0.717, 1.165) is 24.0 Å². The van der Waals surface area contributed by atoms with E-state index in [4.69, 9.17) is 10.5 Å². The summed E-state index contributed by atoms with van der Waals surface area (Å²) in [4.78, 5) is 21.3. The highest BCUT2D eigenvalue weighted by molar-refractivity contribution is 5.83. The summed E-state index contributed by atoms with van der Waals surface area (Å²) in [5.41, 5.74) is 7.28. The van der Waals surface area contributed by atoms with E-state index >= 15 is 0 Å². The van der Waals surface area contributed by atoms with E-state index < -0.39 is 0 Å². The number of benzene rings is 1. The lowest BCUT2D eigenvalue weighted by Gasteiger charge is -2.07. The first-order chi connectivity index (χ1) is 7.22. The summed E-state index contributed by atoms with van der Waals surface area (Å²) in [5, 5.41) is 0. The summed E-state index contributed by atoms with van der Waals surface area (Å²) < 4.78 is 4.73. The second-order valence-corrected chi connectivity index (χ2v) is 3.57. The zero-order valence-corrected chi connectivity index (χ0v) is 8.10. The number of nitrogens with two attached hydrogens (primary N) is 1. The molecule has 15 heavy (non-hydrogen) atoms. The quantitative estimate of drug-likeness (QED) is 0.740. The summed E-state index contributed by atoms with van der Waals surface area (Å²) >= 11 is 0. The van der Waals surface area contributed by atoms with Gasteiger partial charge in [-0.2, -0.15) is 0 Å². The molecule has 1 amide bonds. The maximum atomic E-state index is 11.1. The van der Waals surface area contributed by atoms with Gasteiger partial charge in [-0.25, -0.2) is 0 Å². The van der Waals surface area contributed by atoms with Crippen LogP contribution in [0.25, 0.3) is 0 Å². The summed E-state index contributed by atoms with van der Waals surface area (Å²) in [6.07, 6.45) is 1.55. The van der Waals surface area contributed by atoms with Crippen LogP contribution in [0.4, 0.5) is 0 Å². The van der Waals surface area contributed by atoms with Crippen LogP contribution < -0.4 is 10.5 Å². The summed E-state index contributed by atoms with van der Waals surface area (Å²) in [5.74, 6) is 0.0250. The SMILES string of the molecule is NC(=O)C1CCc2cc(OC=O)ccc21. The smallest absolute Gasteiger partial charge is 0.298 e. The molecule has 1 aliphatic rings. The average Bonchev–Trinajstić information content (AvgIpc) is 2.61. The van der Waals surface area contributed by atoms with Crippen LogP contribution >= 0.6 is 0 Å². The van der Waals surface area contributed by atoms with Crippen molar-refractivity contribution in [1.82, 2.24) is 0 Å². The molecule has 0 radical (unpaired) electrons. The third-order valence-electron chi connectivity index (χ3n) is 2.72. The van der Waals surface area contributed by atoms with Gasteiger partial charge in [-0.1, -0.05) is 6.07 Å². The molecular formula is C11H11NO3. The number of carbonyl (C=O) groups excluding carboxylic acids is 2. The molecule has 1 aliphatic carbocycles. The van der Waals surface area contributed by atoms with Gasteiger partial charge in [0.15, 0.2) is 0 Å². The molecule has 0 aliphatic heterocycles. The fraction of sp³-hybridized carbons (Fsp3) is 0.273. The Morgan fingerprint density at radius 1 is 1.53 bits per heavy atom. The first-order valence-corrected chi connectivity index (χ1v) is 4.75. The Hall–Kier alpha value is -1.84. The van der Waals surface area contributed by atoms with Crippen molar-refractivity contribution in [2.45, 2.75) is 18.8 Å². The van der Waals surface area contributed by atoms with Crippen LogP contribution in [-0.2, 0) is 16.0 Å². The van der Waals surface area contributed by atoms with E-state index in [-0.39, 0.29) is 11.8 Å². The van der Waals surface area contributed by atoms with Crippen LogP contribution in [0, 0.1) is 0 Å². The Morgan fingerprint density at radius 2 is 2.33 bits per heavy atom. The molecule has 0 spiro atoms. The van der Waals surface area contributed by atoms with Gasteiger partial charge in [0, 0.05) is 0 Å². The standard InChI is InChI=1S/C11H11NO3/c12-11(14)10-3-1-7-5-8(15-6-13)2-4-9(7)10/h2,4-6,10H,1,3H2,(H2,12,14). The molecule has 1 aromatic carbocycles. The summed E-state index contributed by atoms with van der Waals surface area (Å²) in [6.45, 7) is 0.391. The predicted octanol–water partition coefficient (Wildman–Crippen LogP) is 0.737. The fourth-order valence-corrected chi connectivity index (χ4v) is 2.02. The molecule has 0 bridgehead atoms. The molecule has 0 fully saturated rings. The Bertz CT molecular complexity index is 414. The Kier molecular flexibility index (Phi) is 2.41. The van der Waals surface area contributed by atoms with Crippen molar-refractivity contribution in [1.29, 1.82) is 0 Å². The highest BCUT2D eigenvalue weighted by Crippen LogP contribution is 2.34.